The van der Waals surface area contributed by atoms with E-state index in [4.69, 9.17) is 6.42 Å². The van der Waals surface area contributed by atoms with Crippen molar-refractivity contribution in [1.82, 2.24) is 5.32 Å². The van der Waals surface area contributed by atoms with Gasteiger partial charge in [0.15, 0.2) is 0 Å². The molecule has 0 heterocycles. The first kappa shape index (κ1) is 12.7. The smallest absolute Gasteiger partial charge is 0.285 e. The predicted octanol–water partition coefficient (Wildman–Crippen LogP) is 2.78. The van der Waals surface area contributed by atoms with Crippen LogP contribution in [0.3, 0.4) is 0 Å². The van der Waals surface area contributed by atoms with Crippen molar-refractivity contribution in [2.75, 3.05) is 13.1 Å². The number of unbranched alkanes of at least 4 members (excludes halogenated alkanes) is 1. The minimum absolute atomic E-state index is 0.0412. The van der Waals surface area contributed by atoms with Crippen LogP contribution in [0.25, 0.3) is 0 Å². The van der Waals surface area contributed by atoms with Crippen LogP contribution in [0.1, 0.15) is 18.4 Å². The molecule has 0 fully saturated rings. The Kier molecular flexibility index (Phi) is 4.94. The van der Waals surface area contributed by atoms with Crippen LogP contribution in [0.5, 0.6) is 0 Å². The van der Waals surface area contributed by atoms with Gasteiger partial charge in [-0.05, 0) is 13.0 Å². The van der Waals surface area contributed by atoms with Crippen molar-refractivity contribution in [3.63, 3.8) is 0 Å². The summed E-state index contributed by atoms with van der Waals surface area (Å²) in [6.45, 7) is 0.175. The molecule has 0 aliphatic carbocycles. The van der Waals surface area contributed by atoms with Gasteiger partial charge in [-0.3, -0.25) is 0 Å². The molecule has 0 saturated heterocycles. The van der Waals surface area contributed by atoms with Gasteiger partial charge in [-0.25, -0.2) is 0 Å². The monoisotopic (exact) mass is 223 g/mol. The zero-order chi connectivity index (χ0) is 11.9. The van der Waals surface area contributed by atoms with Crippen LogP contribution >= 0.6 is 0 Å². The summed E-state index contributed by atoms with van der Waals surface area (Å²) in [5.41, 5.74) is 0.0412. The second-order valence-electron chi connectivity index (χ2n) is 3.55. The maximum Gasteiger partial charge on any atom is 0.285 e. The van der Waals surface area contributed by atoms with Crippen LogP contribution in [0.15, 0.2) is 30.3 Å². The SMILES string of the molecule is C#CCCCNCC(F)(F)c1ccccc1. The van der Waals surface area contributed by atoms with Crippen molar-refractivity contribution in [2.24, 2.45) is 0 Å². The molecule has 0 amide bonds. The average Bonchev–Trinajstić information content (AvgIpc) is 2.30. The summed E-state index contributed by atoms with van der Waals surface area (Å²) in [5, 5.41) is 2.71. The topological polar surface area (TPSA) is 12.0 Å². The Labute approximate surface area is 94.9 Å². The zero-order valence-electron chi connectivity index (χ0n) is 9.05. The summed E-state index contributed by atoms with van der Waals surface area (Å²) in [5.74, 6) is -0.352. The summed E-state index contributed by atoms with van der Waals surface area (Å²) < 4.78 is 27.1. The van der Waals surface area contributed by atoms with Gasteiger partial charge in [0.05, 0.1) is 6.54 Å². The fourth-order valence-electron chi connectivity index (χ4n) is 1.34. The number of alkyl halides is 2. The quantitative estimate of drug-likeness (QED) is 0.577. The lowest BCUT2D eigenvalue weighted by Crippen LogP contribution is -2.31. The minimum atomic E-state index is -2.82. The van der Waals surface area contributed by atoms with E-state index < -0.39 is 5.92 Å². The molecule has 0 spiro atoms. The van der Waals surface area contributed by atoms with Crippen molar-refractivity contribution in [1.29, 1.82) is 0 Å². The number of benzene rings is 1. The highest BCUT2D eigenvalue weighted by molar-refractivity contribution is 5.20. The Balaban J connectivity index is 2.38. The normalized spacial score (nSPS) is 11.1. The van der Waals surface area contributed by atoms with E-state index in [0.717, 1.165) is 6.42 Å². The molecule has 0 saturated carbocycles. The predicted molar refractivity (Wildman–Crippen MR) is 61.3 cm³/mol. The molecule has 1 N–H and O–H groups in total. The highest BCUT2D eigenvalue weighted by atomic mass is 19.3. The van der Waals surface area contributed by atoms with E-state index in [0.29, 0.717) is 13.0 Å². The molecule has 1 aromatic carbocycles. The van der Waals surface area contributed by atoms with E-state index in [2.05, 4.69) is 11.2 Å². The van der Waals surface area contributed by atoms with E-state index in [1.165, 1.54) is 12.1 Å². The summed E-state index contributed by atoms with van der Waals surface area (Å²) in [6.07, 6.45) is 6.40. The molecule has 0 radical (unpaired) electrons. The number of hydrogen-bond acceptors (Lipinski definition) is 1. The first-order chi connectivity index (χ1) is 7.67. The van der Waals surface area contributed by atoms with E-state index in [1.54, 1.807) is 18.2 Å². The van der Waals surface area contributed by atoms with Crippen molar-refractivity contribution in [3.05, 3.63) is 35.9 Å². The minimum Gasteiger partial charge on any atom is -0.311 e. The lowest BCUT2D eigenvalue weighted by molar-refractivity contribution is -0.00295. The molecule has 16 heavy (non-hydrogen) atoms. The van der Waals surface area contributed by atoms with E-state index in [1.807, 2.05) is 0 Å². The van der Waals surface area contributed by atoms with Crippen molar-refractivity contribution in [2.45, 2.75) is 18.8 Å². The fourth-order valence-corrected chi connectivity index (χ4v) is 1.34. The Bertz CT molecular complexity index is 341. The molecular formula is C13H15F2N. The molecular weight excluding hydrogens is 208 g/mol. The van der Waals surface area contributed by atoms with E-state index >= 15 is 0 Å². The van der Waals surface area contributed by atoms with Crippen LogP contribution in [-0.4, -0.2) is 13.1 Å². The third-order valence-electron chi connectivity index (χ3n) is 2.22. The van der Waals surface area contributed by atoms with Gasteiger partial charge in [-0.2, -0.15) is 8.78 Å². The first-order valence-corrected chi connectivity index (χ1v) is 5.24. The number of hydrogen-bond donors (Lipinski definition) is 1. The number of halogens is 2. The van der Waals surface area contributed by atoms with E-state index in [9.17, 15) is 8.78 Å². The maximum absolute atomic E-state index is 13.6. The number of nitrogens with one attached hydrogen (secondary N) is 1. The van der Waals surface area contributed by atoms with Crippen LogP contribution in [0.2, 0.25) is 0 Å². The summed E-state index contributed by atoms with van der Waals surface area (Å²) in [6, 6.07) is 7.81. The summed E-state index contributed by atoms with van der Waals surface area (Å²) in [4.78, 5) is 0. The average molecular weight is 223 g/mol. The lowest BCUT2D eigenvalue weighted by atomic mass is 10.1. The lowest BCUT2D eigenvalue weighted by Gasteiger charge is -2.17. The maximum atomic E-state index is 13.6. The van der Waals surface area contributed by atoms with Crippen LogP contribution in [-0.2, 0) is 5.92 Å². The second-order valence-corrected chi connectivity index (χ2v) is 3.55. The van der Waals surface area contributed by atoms with Crippen molar-refractivity contribution >= 4 is 0 Å². The third kappa shape index (κ3) is 4.00. The van der Waals surface area contributed by atoms with Crippen LogP contribution in [0, 0.1) is 12.3 Å². The highest BCUT2D eigenvalue weighted by Gasteiger charge is 2.30. The molecule has 3 heteroatoms. The Morgan fingerprint density at radius 1 is 1.25 bits per heavy atom. The molecule has 1 nitrogen and oxygen atoms in total. The molecule has 0 aliphatic rings. The standard InChI is InChI=1S/C13H15F2N/c1-2-3-7-10-16-11-13(14,15)12-8-5-4-6-9-12/h1,4-6,8-9,16H,3,7,10-11H2. The van der Waals surface area contributed by atoms with Gasteiger partial charge in [-0.1, -0.05) is 30.3 Å². The molecule has 0 bridgehead atoms. The Hall–Kier alpha value is -1.40. The Morgan fingerprint density at radius 3 is 2.56 bits per heavy atom. The fraction of sp³-hybridized carbons (Fsp3) is 0.385. The number of rotatable bonds is 6. The van der Waals surface area contributed by atoms with Crippen LogP contribution < -0.4 is 5.32 Å². The summed E-state index contributed by atoms with van der Waals surface area (Å²) >= 11 is 0. The van der Waals surface area contributed by atoms with Gasteiger partial charge >= 0.3 is 0 Å². The Morgan fingerprint density at radius 2 is 1.94 bits per heavy atom. The molecule has 1 aromatic rings. The molecule has 1 rings (SSSR count). The molecule has 0 aromatic heterocycles. The number of terminal acetylenes is 1. The van der Waals surface area contributed by atoms with Crippen LogP contribution in [0.4, 0.5) is 8.78 Å². The van der Waals surface area contributed by atoms with Gasteiger partial charge in [0, 0.05) is 12.0 Å². The van der Waals surface area contributed by atoms with Gasteiger partial charge in [0.2, 0.25) is 0 Å². The largest absolute Gasteiger partial charge is 0.311 e. The molecule has 0 atom stereocenters. The van der Waals surface area contributed by atoms with Gasteiger partial charge in [-0.15, -0.1) is 12.3 Å². The van der Waals surface area contributed by atoms with E-state index in [-0.39, 0.29) is 12.1 Å². The second kappa shape index (κ2) is 6.24. The first-order valence-electron chi connectivity index (χ1n) is 5.24. The van der Waals surface area contributed by atoms with Gasteiger partial charge < -0.3 is 5.32 Å². The van der Waals surface area contributed by atoms with Gasteiger partial charge in [0.25, 0.3) is 5.92 Å². The highest BCUT2D eigenvalue weighted by Crippen LogP contribution is 2.26. The molecule has 86 valence electrons. The van der Waals surface area contributed by atoms with Crippen molar-refractivity contribution in [3.8, 4) is 12.3 Å². The molecule has 0 aliphatic heterocycles. The third-order valence-corrected chi connectivity index (χ3v) is 2.22. The van der Waals surface area contributed by atoms with Crippen molar-refractivity contribution < 1.29 is 8.78 Å². The summed E-state index contributed by atoms with van der Waals surface area (Å²) in [7, 11) is 0. The zero-order valence-corrected chi connectivity index (χ0v) is 9.05. The molecule has 0 unspecified atom stereocenters. The van der Waals surface area contributed by atoms with Gasteiger partial charge in [0.1, 0.15) is 0 Å².